The molecule has 1 spiro atoms. The lowest BCUT2D eigenvalue weighted by atomic mass is 9.43. The van der Waals surface area contributed by atoms with Crippen molar-refractivity contribution in [1.82, 2.24) is 4.98 Å². The minimum Gasteiger partial charge on any atom is -0.361 e. The first-order valence-electron chi connectivity index (χ1n) is 12.1. The lowest BCUT2D eigenvalue weighted by molar-refractivity contribution is -0.0399. The summed E-state index contributed by atoms with van der Waals surface area (Å²) in [5.74, 6) is 3.63. The Morgan fingerprint density at radius 2 is 1.35 bits per heavy atom. The van der Waals surface area contributed by atoms with Crippen molar-refractivity contribution in [3.8, 4) is 22.3 Å². The summed E-state index contributed by atoms with van der Waals surface area (Å²) in [5, 5.41) is 1.30. The van der Waals surface area contributed by atoms with E-state index in [-0.39, 0.29) is 5.41 Å². The molecule has 0 amide bonds. The summed E-state index contributed by atoms with van der Waals surface area (Å²) < 4.78 is 0. The molecule has 4 saturated carbocycles. The average molecular weight is 402 g/mol. The third-order valence-electron chi connectivity index (χ3n) is 9.44. The van der Waals surface area contributed by atoms with Gasteiger partial charge in [-0.15, -0.1) is 0 Å². The van der Waals surface area contributed by atoms with Crippen LogP contribution in [0, 0.1) is 23.7 Å². The number of benzene rings is 3. The highest BCUT2D eigenvalue weighted by atomic mass is 14.7. The minimum absolute atomic E-state index is 0.257. The van der Waals surface area contributed by atoms with E-state index in [1.54, 1.807) is 11.1 Å². The number of hydrogen-bond donors (Lipinski definition) is 1. The molecule has 4 fully saturated rings. The van der Waals surface area contributed by atoms with E-state index in [1.807, 2.05) is 6.20 Å². The highest BCUT2D eigenvalue weighted by molar-refractivity contribution is 5.88. The normalized spacial score (nSPS) is 32.0. The lowest BCUT2D eigenvalue weighted by Gasteiger charge is -2.61. The Bertz CT molecular complexity index is 1330. The van der Waals surface area contributed by atoms with Crippen LogP contribution >= 0.6 is 0 Å². The first-order chi connectivity index (χ1) is 15.3. The molecule has 0 saturated heterocycles. The Morgan fingerprint density at radius 1 is 0.645 bits per heavy atom. The molecule has 0 atom stereocenters. The van der Waals surface area contributed by atoms with Crippen LogP contribution in [-0.2, 0) is 5.41 Å². The summed E-state index contributed by atoms with van der Waals surface area (Å²) in [6, 6.07) is 25.8. The molecule has 5 aliphatic rings. The summed E-state index contributed by atoms with van der Waals surface area (Å²) >= 11 is 0. The summed E-state index contributed by atoms with van der Waals surface area (Å²) in [6.07, 6.45) is 9.33. The van der Waals surface area contributed by atoms with Crippen LogP contribution in [0.2, 0.25) is 0 Å². The zero-order chi connectivity index (χ0) is 20.2. The SMILES string of the molecule is c1ccc2c(c1)-c1ccc(-c3ccc4[nH]ccc4c3)cc1C21C2CC3CC(C2)CC1C3. The fraction of sp³-hybridized carbons (Fsp3) is 0.333. The minimum atomic E-state index is 0.257. The number of nitrogens with one attached hydrogen (secondary N) is 1. The van der Waals surface area contributed by atoms with Crippen molar-refractivity contribution in [2.75, 3.05) is 0 Å². The molecule has 1 heteroatoms. The molecule has 1 heterocycles. The van der Waals surface area contributed by atoms with E-state index in [2.05, 4.69) is 71.7 Å². The van der Waals surface area contributed by atoms with E-state index in [0.29, 0.717) is 0 Å². The number of rotatable bonds is 1. The Balaban J connectivity index is 1.37. The van der Waals surface area contributed by atoms with Gasteiger partial charge in [-0.3, -0.25) is 0 Å². The maximum atomic E-state index is 3.33. The highest BCUT2D eigenvalue weighted by Crippen LogP contribution is 2.69. The smallest absolute Gasteiger partial charge is 0.0454 e. The van der Waals surface area contributed by atoms with Gasteiger partial charge in [-0.1, -0.05) is 42.5 Å². The molecule has 0 unspecified atom stereocenters. The van der Waals surface area contributed by atoms with Gasteiger partial charge in [0.15, 0.2) is 0 Å². The van der Waals surface area contributed by atoms with Crippen molar-refractivity contribution < 1.29 is 0 Å². The van der Waals surface area contributed by atoms with Crippen LogP contribution in [0.4, 0.5) is 0 Å². The van der Waals surface area contributed by atoms with E-state index >= 15 is 0 Å². The first-order valence-corrected chi connectivity index (χ1v) is 12.1. The largest absolute Gasteiger partial charge is 0.361 e. The molecule has 4 aromatic rings. The van der Waals surface area contributed by atoms with Crippen LogP contribution in [0.3, 0.4) is 0 Å². The summed E-state index contributed by atoms with van der Waals surface area (Å²) in [7, 11) is 0. The van der Waals surface area contributed by atoms with Gasteiger partial charge in [0.1, 0.15) is 0 Å². The van der Waals surface area contributed by atoms with E-state index in [4.69, 9.17) is 0 Å². The monoisotopic (exact) mass is 401 g/mol. The van der Waals surface area contributed by atoms with Crippen molar-refractivity contribution in [3.63, 3.8) is 0 Å². The van der Waals surface area contributed by atoms with Crippen LogP contribution in [0.25, 0.3) is 33.2 Å². The molecule has 152 valence electrons. The second kappa shape index (κ2) is 5.71. The van der Waals surface area contributed by atoms with E-state index in [0.717, 1.165) is 23.7 Å². The summed E-state index contributed by atoms with van der Waals surface area (Å²) in [5.41, 5.74) is 10.5. The molecule has 3 aromatic carbocycles. The van der Waals surface area contributed by atoms with E-state index in [9.17, 15) is 0 Å². The molecule has 0 radical (unpaired) electrons. The van der Waals surface area contributed by atoms with Gasteiger partial charge in [-0.05, 0) is 119 Å². The Hall–Kier alpha value is -2.80. The first kappa shape index (κ1) is 16.8. The van der Waals surface area contributed by atoms with E-state index in [1.165, 1.54) is 65.3 Å². The Labute approximate surface area is 183 Å². The van der Waals surface area contributed by atoms with Crippen LogP contribution in [0.15, 0.2) is 72.9 Å². The second-order valence-electron chi connectivity index (χ2n) is 10.8. The number of H-pyrrole nitrogens is 1. The van der Waals surface area contributed by atoms with Gasteiger partial charge >= 0.3 is 0 Å². The van der Waals surface area contributed by atoms with Crippen LogP contribution in [-0.4, -0.2) is 4.98 Å². The molecule has 1 nitrogen and oxygen atoms in total. The molecule has 1 N–H and O–H groups in total. The average Bonchev–Trinajstić information content (AvgIpc) is 3.37. The molecule has 4 bridgehead atoms. The predicted molar refractivity (Wildman–Crippen MR) is 127 cm³/mol. The maximum Gasteiger partial charge on any atom is 0.0454 e. The molecule has 31 heavy (non-hydrogen) atoms. The topological polar surface area (TPSA) is 15.8 Å². The van der Waals surface area contributed by atoms with E-state index < -0.39 is 0 Å². The second-order valence-corrected chi connectivity index (χ2v) is 10.8. The summed E-state index contributed by atoms with van der Waals surface area (Å²) in [4.78, 5) is 3.33. The number of aromatic amines is 1. The molecular formula is C30H27N. The zero-order valence-corrected chi connectivity index (χ0v) is 17.8. The molecule has 1 aromatic heterocycles. The Morgan fingerprint density at radius 3 is 2.19 bits per heavy atom. The highest BCUT2D eigenvalue weighted by Gasteiger charge is 2.61. The third-order valence-corrected chi connectivity index (χ3v) is 9.44. The van der Waals surface area contributed by atoms with Gasteiger partial charge in [0, 0.05) is 17.1 Å². The lowest BCUT2D eigenvalue weighted by Crippen LogP contribution is -2.55. The van der Waals surface area contributed by atoms with Crippen molar-refractivity contribution in [1.29, 1.82) is 0 Å². The van der Waals surface area contributed by atoms with Crippen molar-refractivity contribution >= 4 is 10.9 Å². The van der Waals surface area contributed by atoms with Crippen LogP contribution in [0.5, 0.6) is 0 Å². The van der Waals surface area contributed by atoms with Crippen molar-refractivity contribution in [2.24, 2.45) is 23.7 Å². The van der Waals surface area contributed by atoms with Gasteiger partial charge in [-0.25, -0.2) is 0 Å². The standard InChI is InChI=1S/C30H27N/c1-2-4-27-25(3-1)26-7-5-21(20-6-8-29-22(16-20)9-10-31-29)17-28(26)30(27)23-12-18-11-19(14-23)15-24(30)13-18/h1-10,16-19,23-24,31H,11-15H2. The van der Waals surface area contributed by atoms with Crippen molar-refractivity contribution in [2.45, 2.75) is 37.5 Å². The number of aromatic nitrogens is 1. The molecular weight excluding hydrogens is 374 g/mol. The molecule has 5 aliphatic carbocycles. The van der Waals surface area contributed by atoms with Gasteiger partial charge in [-0.2, -0.15) is 0 Å². The van der Waals surface area contributed by atoms with Gasteiger partial charge < -0.3 is 4.98 Å². The quantitative estimate of drug-likeness (QED) is 0.339. The maximum absolute atomic E-state index is 3.33. The Kier molecular flexibility index (Phi) is 3.10. The fourth-order valence-electron chi connectivity index (χ4n) is 8.56. The zero-order valence-electron chi connectivity index (χ0n) is 17.8. The van der Waals surface area contributed by atoms with Crippen LogP contribution in [0.1, 0.15) is 43.2 Å². The molecule has 9 rings (SSSR count). The van der Waals surface area contributed by atoms with Crippen molar-refractivity contribution in [3.05, 3.63) is 84.1 Å². The summed E-state index contributed by atoms with van der Waals surface area (Å²) in [6.45, 7) is 0. The predicted octanol–water partition coefficient (Wildman–Crippen LogP) is 7.56. The fourth-order valence-corrected chi connectivity index (χ4v) is 8.56. The number of hydrogen-bond acceptors (Lipinski definition) is 0. The number of fused-ring (bicyclic) bond motifs is 4. The van der Waals surface area contributed by atoms with Gasteiger partial charge in [0.25, 0.3) is 0 Å². The van der Waals surface area contributed by atoms with Gasteiger partial charge in [0.05, 0.1) is 0 Å². The third kappa shape index (κ3) is 2.03. The van der Waals surface area contributed by atoms with Crippen LogP contribution < -0.4 is 0 Å². The molecule has 0 aliphatic heterocycles. The van der Waals surface area contributed by atoms with Gasteiger partial charge in [0.2, 0.25) is 0 Å².